The molecule has 1 fully saturated rings. The summed E-state index contributed by atoms with van der Waals surface area (Å²) < 4.78 is 7.22. The maximum Gasteiger partial charge on any atom is 0.222 e. The second-order valence-corrected chi connectivity index (χ2v) is 5.57. The van der Waals surface area contributed by atoms with Gasteiger partial charge in [-0.2, -0.15) is 4.98 Å². The maximum absolute atomic E-state index is 10.4. The normalized spacial score (nSPS) is 31.8. The van der Waals surface area contributed by atoms with Crippen LogP contribution in [-0.4, -0.2) is 53.6 Å². The molecule has 1 aliphatic heterocycles. The zero-order chi connectivity index (χ0) is 16.8. The van der Waals surface area contributed by atoms with E-state index >= 15 is 0 Å². The molecule has 0 saturated carbocycles. The van der Waals surface area contributed by atoms with Crippen LogP contribution in [0.5, 0.6) is 0 Å². The molecule has 0 aromatic carbocycles. The highest BCUT2D eigenvalue weighted by Gasteiger charge is 2.56. The van der Waals surface area contributed by atoms with Crippen LogP contribution in [-0.2, 0) is 4.74 Å². The number of aliphatic hydroxyl groups excluding tert-OH is 2. The fraction of sp³-hybridized carbons (Fsp3) is 0.462. The number of fused-ring (bicyclic) bond motifs is 1. The van der Waals surface area contributed by atoms with Crippen molar-refractivity contribution < 1.29 is 14.9 Å². The van der Waals surface area contributed by atoms with E-state index in [0.29, 0.717) is 11.2 Å². The molecule has 23 heavy (non-hydrogen) atoms. The Labute approximate surface area is 136 Å². The average molecular weight is 339 g/mol. The molecule has 0 bridgehead atoms. The van der Waals surface area contributed by atoms with Gasteiger partial charge >= 0.3 is 0 Å². The Kier molecular flexibility index (Phi) is 3.87. The first-order chi connectivity index (χ1) is 10.9. The largest absolute Gasteiger partial charge is 0.391 e. The second-order valence-electron chi connectivity index (χ2n) is 5.38. The molecule has 1 unspecified atom stereocenters. The lowest BCUT2D eigenvalue weighted by molar-refractivity contribution is -0.0756. The van der Waals surface area contributed by atoms with Gasteiger partial charge in [0.25, 0.3) is 0 Å². The predicted octanol–water partition coefficient (Wildman–Crippen LogP) is -1.06. The number of hydrogen-bond acceptors (Lipinski definition) is 8. The van der Waals surface area contributed by atoms with Gasteiger partial charge in [0.15, 0.2) is 17.4 Å². The number of rotatable bonds is 2. The minimum Gasteiger partial charge on any atom is -0.391 e. The number of nitrogens with zero attached hydrogens (tertiary/aromatic N) is 4. The number of ether oxygens (including phenoxy) is 1. The van der Waals surface area contributed by atoms with Crippen molar-refractivity contribution in [2.45, 2.75) is 37.0 Å². The molecule has 1 saturated heterocycles. The van der Waals surface area contributed by atoms with Crippen molar-refractivity contribution >= 4 is 28.7 Å². The van der Waals surface area contributed by atoms with Crippen LogP contribution in [0.2, 0.25) is 0 Å². The highest BCUT2D eigenvalue weighted by atomic mass is 35.5. The van der Waals surface area contributed by atoms with Gasteiger partial charge in [0, 0.05) is 5.38 Å². The molecule has 2 aromatic heterocycles. The summed E-state index contributed by atoms with van der Waals surface area (Å²) in [4.78, 5) is 12.1. The Hall–Kier alpha value is -1.96. The van der Waals surface area contributed by atoms with E-state index in [1.807, 2.05) is 0 Å². The number of aliphatic hydroxyl groups is 2. The van der Waals surface area contributed by atoms with Gasteiger partial charge in [-0.15, -0.1) is 0 Å². The van der Waals surface area contributed by atoms with Crippen LogP contribution < -0.4 is 11.5 Å². The van der Waals surface area contributed by atoms with Gasteiger partial charge in [-0.1, -0.05) is 5.92 Å². The molecular weight excluding hydrogens is 324 g/mol. The van der Waals surface area contributed by atoms with Crippen LogP contribution in [0.15, 0.2) is 12.5 Å². The summed E-state index contributed by atoms with van der Waals surface area (Å²) in [5, 5.41) is 22.4. The number of imidazole rings is 1. The molecule has 0 radical (unpaired) electrons. The summed E-state index contributed by atoms with van der Waals surface area (Å²) in [6.07, 6.45) is -1.27. The topological polar surface area (TPSA) is 145 Å². The lowest BCUT2D eigenvalue weighted by Gasteiger charge is -2.27. The number of hydrogen-bond donors (Lipinski definition) is 4. The molecule has 0 amide bonds. The summed E-state index contributed by atoms with van der Waals surface area (Å²) in [5.41, 5.74) is 11.1. The van der Waals surface area contributed by atoms with E-state index in [0.717, 1.165) is 0 Å². The summed E-state index contributed by atoms with van der Waals surface area (Å²) in [7, 11) is 0. The van der Waals surface area contributed by atoms with E-state index in [1.165, 1.54) is 24.0 Å². The molecular formula is C13H15ClN6O3. The molecule has 3 heterocycles. The average Bonchev–Trinajstić information content (AvgIpc) is 3.00. The smallest absolute Gasteiger partial charge is 0.222 e. The van der Waals surface area contributed by atoms with Gasteiger partial charge in [0.05, 0.1) is 18.6 Å². The van der Waals surface area contributed by atoms with Crippen LogP contribution in [0, 0.1) is 11.3 Å². The van der Waals surface area contributed by atoms with Crippen LogP contribution in [0.1, 0.15) is 13.2 Å². The minimum absolute atomic E-state index is 0.0518. The molecule has 122 valence electrons. The van der Waals surface area contributed by atoms with Crippen LogP contribution >= 0.6 is 11.6 Å². The molecule has 0 aliphatic carbocycles. The number of aromatic nitrogens is 4. The first kappa shape index (κ1) is 15.9. The fourth-order valence-electron chi connectivity index (χ4n) is 2.66. The van der Waals surface area contributed by atoms with E-state index in [2.05, 4.69) is 26.3 Å². The zero-order valence-electron chi connectivity index (χ0n) is 12.1. The monoisotopic (exact) mass is 338 g/mol. The third-order valence-electron chi connectivity index (χ3n) is 3.82. The summed E-state index contributed by atoms with van der Waals surface area (Å²) in [6.45, 7) is 1.48. The van der Waals surface area contributed by atoms with Crippen molar-refractivity contribution in [1.82, 2.24) is 19.5 Å². The molecule has 10 heteroatoms. The Balaban J connectivity index is 2.14. The molecule has 6 N–H and O–H groups in total. The summed E-state index contributed by atoms with van der Waals surface area (Å²) in [5.74, 6) is 2.61. The number of nitrogens with two attached hydrogens (primary N) is 2. The highest BCUT2D eigenvalue weighted by Crippen LogP contribution is 2.39. The van der Waals surface area contributed by atoms with E-state index < -0.39 is 30.1 Å². The Morgan fingerprint density at radius 3 is 2.91 bits per heavy atom. The third kappa shape index (κ3) is 2.41. The van der Waals surface area contributed by atoms with Crippen LogP contribution in [0.4, 0.5) is 5.95 Å². The zero-order valence-corrected chi connectivity index (χ0v) is 12.8. The quantitative estimate of drug-likeness (QED) is 0.507. The SMILES string of the molecule is C[C@@H](O)[C@H]1O[C@@H](n2cnc3cnc(N)nc32)C(N)(C#CCl)[C@H]1O. The van der Waals surface area contributed by atoms with Gasteiger partial charge in [0.1, 0.15) is 17.7 Å². The minimum atomic E-state index is -1.56. The Morgan fingerprint density at radius 1 is 1.52 bits per heavy atom. The van der Waals surface area contributed by atoms with Crippen molar-refractivity contribution in [3.63, 3.8) is 0 Å². The van der Waals surface area contributed by atoms with Crippen molar-refractivity contribution in [2.75, 3.05) is 5.73 Å². The van der Waals surface area contributed by atoms with Gasteiger partial charge in [-0.05, 0) is 18.5 Å². The van der Waals surface area contributed by atoms with Gasteiger partial charge < -0.3 is 26.4 Å². The van der Waals surface area contributed by atoms with Crippen LogP contribution in [0.25, 0.3) is 11.2 Å². The molecule has 9 nitrogen and oxygen atoms in total. The van der Waals surface area contributed by atoms with Crippen molar-refractivity contribution in [2.24, 2.45) is 5.73 Å². The Bertz CT molecular complexity index is 800. The number of halogens is 1. The molecule has 3 rings (SSSR count). The molecule has 5 atom stereocenters. The number of anilines is 1. The highest BCUT2D eigenvalue weighted by molar-refractivity contribution is 6.30. The standard InChI is InChI=1S/C13H15ClN6O3/c1-6(21)8-9(22)13(16,2-3-14)11(23-8)20-5-18-7-4-17-12(15)19-10(7)20/h4-6,8-9,11,21-22H,16H2,1H3,(H2,15,17,19)/t6-,8-,9+,11-,13?/m1/s1. The third-order valence-corrected chi connectivity index (χ3v) is 3.92. The lowest BCUT2D eigenvalue weighted by atomic mass is 9.90. The van der Waals surface area contributed by atoms with Crippen molar-refractivity contribution in [3.05, 3.63) is 12.5 Å². The van der Waals surface area contributed by atoms with Gasteiger partial charge in [0.2, 0.25) is 5.95 Å². The lowest BCUT2D eigenvalue weighted by Crippen LogP contribution is -2.54. The summed E-state index contributed by atoms with van der Waals surface area (Å²) >= 11 is 5.49. The first-order valence-corrected chi connectivity index (χ1v) is 7.14. The van der Waals surface area contributed by atoms with Gasteiger partial charge in [-0.3, -0.25) is 4.57 Å². The second kappa shape index (κ2) is 5.59. The van der Waals surface area contributed by atoms with Crippen molar-refractivity contribution in [3.8, 4) is 11.3 Å². The predicted molar refractivity (Wildman–Crippen MR) is 81.9 cm³/mol. The van der Waals surface area contributed by atoms with E-state index in [-0.39, 0.29) is 5.95 Å². The molecule has 1 aliphatic rings. The van der Waals surface area contributed by atoms with Gasteiger partial charge in [-0.25, -0.2) is 9.97 Å². The van der Waals surface area contributed by atoms with Crippen molar-refractivity contribution in [1.29, 1.82) is 0 Å². The molecule has 2 aromatic rings. The van der Waals surface area contributed by atoms with Crippen LogP contribution in [0.3, 0.4) is 0 Å². The van der Waals surface area contributed by atoms with E-state index in [1.54, 1.807) is 0 Å². The summed E-state index contributed by atoms with van der Waals surface area (Å²) in [6, 6.07) is 0. The van der Waals surface area contributed by atoms with E-state index in [4.69, 9.17) is 27.8 Å². The van der Waals surface area contributed by atoms with E-state index in [9.17, 15) is 10.2 Å². The first-order valence-electron chi connectivity index (χ1n) is 6.77. The Morgan fingerprint density at radius 2 is 2.26 bits per heavy atom. The molecule has 0 spiro atoms. The fourth-order valence-corrected chi connectivity index (χ4v) is 2.82. The number of nitrogen functional groups attached to an aromatic ring is 1. The maximum atomic E-state index is 10.4.